The Morgan fingerprint density at radius 1 is 1.24 bits per heavy atom. The minimum atomic E-state index is -0.503. The van der Waals surface area contributed by atoms with E-state index in [-0.39, 0.29) is 29.1 Å². The molecule has 1 atom stereocenters. The number of rotatable bonds is 4. The lowest BCUT2D eigenvalue weighted by Crippen LogP contribution is -2.47. The number of aliphatic hydroxyl groups is 1. The van der Waals surface area contributed by atoms with E-state index < -0.39 is 6.10 Å². The predicted molar refractivity (Wildman–Crippen MR) is 82.6 cm³/mol. The molecule has 0 bridgehead atoms. The lowest BCUT2D eigenvalue weighted by molar-refractivity contribution is -0.142. The van der Waals surface area contributed by atoms with E-state index in [4.69, 9.17) is 0 Å². The molecule has 1 saturated heterocycles. The molecule has 21 heavy (non-hydrogen) atoms. The maximum absolute atomic E-state index is 12.2. The number of piperidine rings is 1. The maximum atomic E-state index is 12.2. The summed E-state index contributed by atoms with van der Waals surface area (Å²) in [5, 5.41) is 12.5. The SMILES string of the molecule is CC(C)C(O)CNC(=O)C1CCN(C(=O)C(C)(C)C)CC1. The molecule has 0 spiro atoms. The van der Waals surface area contributed by atoms with Gasteiger partial charge in [-0.3, -0.25) is 9.59 Å². The van der Waals surface area contributed by atoms with Crippen molar-refractivity contribution in [1.82, 2.24) is 10.2 Å². The van der Waals surface area contributed by atoms with Crippen LogP contribution in [0.1, 0.15) is 47.5 Å². The van der Waals surface area contributed by atoms with Gasteiger partial charge in [-0.05, 0) is 18.8 Å². The van der Waals surface area contributed by atoms with Crippen LogP contribution in [0.25, 0.3) is 0 Å². The Kier molecular flexibility index (Phi) is 6.20. The molecule has 1 fully saturated rings. The average Bonchev–Trinajstić information content (AvgIpc) is 2.42. The van der Waals surface area contributed by atoms with Gasteiger partial charge < -0.3 is 15.3 Å². The highest BCUT2D eigenvalue weighted by Crippen LogP contribution is 2.23. The zero-order chi connectivity index (χ0) is 16.2. The van der Waals surface area contributed by atoms with Crippen LogP contribution in [0.5, 0.6) is 0 Å². The van der Waals surface area contributed by atoms with Crippen molar-refractivity contribution in [3.63, 3.8) is 0 Å². The van der Waals surface area contributed by atoms with Crippen LogP contribution < -0.4 is 5.32 Å². The highest BCUT2D eigenvalue weighted by atomic mass is 16.3. The lowest BCUT2D eigenvalue weighted by Gasteiger charge is -2.35. The number of nitrogens with zero attached hydrogens (tertiary/aromatic N) is 1. The molecule has 0 radical (unpaired) electrons. The first kappa shape index (κ1) is 18.0. The van der Waals surface area contributed by atoms with Gasteiger partial charge in [0.05, 0.1) is 6.10 Å². The standard InChI is InChI=1S/C16H30N2O3/c1-11(2)13(19)10-17-14(20)12-6-8-18(9-7-12)15(21)16(3,4)5/h11-13,19H,6-10H2,1-5H3,(H,17,20). The summed E-state index contributed by atoms with van der Waals surface area (Å²) in [7, 11) is 0. The van der Waals surface area contributed by atoms with Crippen molar-refractivity contribution in [3.05, 3.63) is 0 Å². The zero-order valence-electron chi connectivity index (χ0n) is 14.0. The molecule has 1 aliphatic rings. The molecule has 2 N–H and O–H groups in total. The average molecular weight is 298 g/mol. The quantitative estimate of drug-likeness (QED) is 0.824. The Morgan fingerprint density at radius 3 is 2.19 bits per heavy atom. The molecular formula is C16H30N2O3. The molecule has 0 aromatic heterocycles. The van der Waals surface area contributed by atoms with Crippen molar-refractivity contribution >= 4 is 11.8 Å². The van der Waals surface area contributed by atoms with E-state index in [1.165, 1.54) is 0 Å². The van der Waals surface area contributed by atoms with E-state index in [1.54, 1.807) is 0 Å². The third-order valence-electron chi connectivity index (χ3n) is 4.05. The van der Waals surface area contributed by atoms with Crippen LogP contribution in [0, 0.1) is 17.3 Å². The molecule has 1 rings (SSSR count). The van der Waals surface area contributed by atoms with Gasteiger partial charge in [0.2, 0.25) is 11.8 Å². The molecular weight excluding hydrogens is 268 g/mol. The fourth-order valence-electron chi connectivity index (χ4n) is 2.40. The summed E-state index contributed by atoms with van der Waals surface area (Å²) in [4.78, 5) is 26.1. The van der Waals surface area contributed by atoms with Crippen molar-refractivity contribution in [2.75, 3.05) is 19.6 Å². The summed E-state index contributed by atoms with van der Waals surface area (Å²) in [6, 6.07) is 0. The molecule has 122 valence electrons. The number of hydrogen-bond donors (Lipinski definition) is 2. The second-order valence-electron chi connectivity index (χ2n) is 7.37. The predicted octanol–water partition coefficient (Wildman–Crippen LogP) is 1.40. The molecule has 1 aliphatic heterocycles. The van der Waals surface area contributed by atoms with Gasteiger partial charge in [0, 0.05) is 31.0 Å². The van der Waals surface area contributed by atoms with Crippen LogP contribution in [0.3, 0.4) is 0 Å². The number of likely N-dealkylation sites (tertiary alicyclic amines) is 1. The molecule has 5 nitrogen and oxygen atoms in total. The van der Waals surface area contributed by atoms with Gasteiger partial charge >= 0.3 is 0 Å². The number of aliphatic hydroxyl groups excluding tert-OH is 1. The Bertz CT molecular complexity index is 366. The van der Waals surface area contributed by atoms with Crippen LogP contribution in [0.15, 0.2) is 0 Å². The highest BCUT2D eigenvalue weighted by Gasteiger charge is 2.32. The van der Waals surface area contributed by atoms with Crippen molar-refractivity contribution in [2.24, 2.45) is 17.3 Å². The monoisotopic (exact) mass is 298 g/mol. The van der Waals surface area contributed by atoms with Crippen LogP contribution in [0.4, 0.5) is 0 Å². The van der Waals surface area contributed by atoms with E-state index in [9.17, 15) is 14.7 Å². The van der Waals surface area contributed by atoms with Gasteiger partial charge in [-0.25, -0.2) is 0 Å². The smallest absolute Gasteiger partial charge is 0.227 e. The topological polar surface area (TPSA) is 69.6 Å². The minimum absolute atomic E-state index is 0.00226. The molecule has 2 amide bonds. The number of hydrogen-bond acceptors (Lipinski definition) is 3. The summed E-state index contributed by atoms with van der Waals surface area (Å²) < 4.78 is 0. The first-order valence-electron chi connectivity index (χ1n) is 7.88. The van der Waals surface area contributed by atoms with Gasteiger partial charge in [0.25, 0.3) is 0 Å². The van der Waals surface area contributed by atoms with Crippen molar-refractivity contribution in [2.45, 2.75) is 53.6 Å². The lowest BCUT2D eigenvalue weighted by atomic mass is 9.90. The number of amides is 2. The summed E-state index contributed by atoms with van der Waals surface area (Å²) in [5.74, 6) is 0.235. The van der Waals surface area contributed by atoms with Crippen molar-refractivity contribution in [3.8, 4) is 0 Å². The molecule has 0 aromatic rings. The largest absolute Gasteiger partial charge is 0.391 e. The van der Waals surface area contributed by atoms with Crippen molar-refractivity contribution < 1.29 is 14.7 Å². The van der Waals surface area contributed by atoms with Gasteiger partial charge in [0.1, 0.15) is 0 Å². The second-order valence-corrected chi connectivity index (χ2v) is 7.37. The highest BCUT2D eigenvalue weighted by molar-refractivity contribution is 5.82. The number of carbonyl (C=O) groups is 2. The fraction of sp³-hybridized carbons (Fsp3) is 0.875. The third-order valence-corrected chi connectivity index (χ3v) is 4.05. The minimum Gasteiger partial charge on any atom is -0.391 e. The Labute approximate surface area is 128 Å². The molecule has 0 aromatic carbocycles. The van der Waals surface area contributed by atoms with Gasteiger partial charge in [-0.15, -0.1) is 0 Å². The first-order valence-corrected chi connectivity index (χ1v) is 7.88. The number of carbonyl (C=O) groups excluding carboxylic acids is 2. The van der Waals surface area contributed by atoms with Gasteiger partial charge in [-0.2, -0.15) is 0 Å². The van der Waals surface area contributed by atoms with E-state index in [2.05, 4.69) is 5.32 Å². The third kappa shape index (κ3) is 5.30. The Balaban J connectivity index is 2.39. The molecule has 5 heteroatoms. The summed E-state index contributed by atoms with van der Waals surface area (Å²) >= 11 is 0. The van der Waals surface area contributed by atoms with Gasteiger partial charge in [0.15, 0.2) is 0 Å². The summed E-state index contributed by atoms with van der Waals surface area (Å²) in [6.07, 6.45) is 0.896. The van der Waals surface area contributed by atoms with Crippen molar-refractivity contribution in [1.29, 1.82) is 0 Å². The molecule has 0 saturated carbocycles. The summed E-state index contributed by atoms with van der Waals surface area (Å²) in [5.41, 5.74) is -0.365. The second kappa shape index (κ2) is 7.25. The normalized spacial score (nSPS) is 18.7. The van der Waals surface area contributed by atoms with E-state index in [1.807, 2.05) is 39.5 Å². The maximum Gasteiger partial charge on any atom is 0.227 e. The molecule has 1 unspecified atom stereocenters. The number of nitrogens with one attached hydrogen (secondary N) is 1. The van der Waals surface area contributed by atoms with Crippen LogP contribution in [-0.2, 0) is 9.59 Å². The zero-order valence-corrected chi connectivity index (χ0v) is 14.0. The molecule has 0 aliphatic carbocycles. The first-order chi connectivity index (χ1) is 9.62. The van der Waals surface area contributed by atoms with Crippen LogP contribution in [-0.4, -0.2) is 47.6 Å². The van der Waals surface area contributed by atoms with E-state index >= 15 is 0 Å². The Morgan fingerprint density at radius 2 is 1.76 bits per heavy atom. The van der Waals surface area contributed by atoms with E-state index in [0.717, 1.165) is 0 Å². The van der Waals surface area contributed by atoms with Crippen LogP contribution in [0.2, 0.25) is 0 Å². The van der Waals surface area contributed by atoms with Crippen LogP contribution >= 0.6 is 0 Å². The van der Waals surface area contributed by atoms with Gasteiger partial charge in [-0.1, -0.05) is 34.6 Å². The molecule has 1 heterocycles. The fourth-order valence-corrected chi connectivity index (χ4v) is 2.40. The summed E-state index contributed by atoms with van der Waals surface area (Å²) in [6.45, 7) is 11.2. The Hall–Kier alpha value is -1.10. The van der Waals surface area contributed by atoms with E-state index in [0.29, 0.717) is 32.5 Å².